The Labute approximate surface area is 189 Å². The molecule has 0 bridgehead atoms. The van der Waals surface area contributed by atoms with E-state index in [0.717, 1.165) is 32.2 Å². The van der Waals surface area contributed by atoms with Crippen LogP contribution in [-0.2, 0) is 24.4 Å². The molecule has 0 saturated carbocycles. The van der Waals surface area contributed by atoms with E-state index in [4.69, 9.17) is 11.6 Å². The van der Waals surface area contributed by atoms with Crippen molar-refractivity contribution in [3.8, 4) is 11.3 Å². The SMILES string of the molecule is CCn1c(=O)n(CCC(=O)NCc2nc(-c3ccc(Cl)cc3)c(C)s2)c2ccccc21. The van der Waals surface area contributed by atoms with Gasteiger partial charge >= 0.3 is 5.69 Å². The van der Waals surface area contributed by atoms with Gasteiger partial charge in [0.1, 0.15) is 5.01 Å². The van der Waals surface area contributed by atoms with Gasteiger partial charge in [0, 0.05) is 35.0 Å². The number of aromatic nitrogens is 3. The molecule has 4 aromatic rings. The van der Waals surface area contributed by atoms with E-state index in [2.05, 4.69) is 10.3 Å². The van der Waals surface area contributed by atoms with E-state index >= 15 is 0 Å². The summed E-state index contributed by atoms with van der Waals surface area (Å²) in [6.07, 6.45) is 0.228. The second-order valence-electron chi connectivity index (χ2n) is 7.21. The summed E-state index contributed by atoms with van der Waals surface area (Å²) < 4.78 is 3.40. The highest BCUT2D eigenvalue weighted by atomic mass is 35.5. The molecule has 0 radical (unpaired) electrons. The molecule has 0 fully saturated rings. The van der Waals surface area contributed by atoms with Crippen molar-refractivity contribution in [3.63, 3.8) is 0 Å². The van der Waals surface area contributed by atoms with Gasteiger partial charge in [-0.05, 0) is 38.1 Å². The van der Waals surface area contributed by atoms with E-state index in [1.54, 1.807) is 20.5 Å². The predicted molar refractivity (Wildman–Crippen MR) is 126 cm³/mol. The van der Waals surface area contributed by atoms with Crippen molar-refractivity contribution in [2.75, 3.05) is 0 Å². The summed E-state index contributed by atoms with van der Waals surface area (Å²) in [5.74, 6) is -0.110. The van der Waals surface area contributed by atoms with Crippen LogP contribution in [-0.4, -0.2) is 20.0 Å². The van der Waals surface area contributed by atoms with E-state index in [9.17, 15) is 9.59 Å². The van der Waals surface area contributed by atoms with Crippen molar-refractivity contribution < 1.29 is 4.79 Å². The second-order valence-corrected chi connectivity index (χ2v) is 8.94. The molecule has 8 heteroatoms. The molecule has 0 atom stereocenters. The van der Waals surface area contributed by atoms with E-state index in [1.807, 2.05) is 62.4 Å². The second kappa shape index (κ2) is 9.08. The van der Waals surface area contributed by atoms with Gasteiger partial charge < -0.3 is 5.32 Å². The van der Waals surface area contributed by atoms with E-state index < -0.39 is 0 Å². The molecule has 1 N–H and O–H groups in total. The van der Waals surface area contributed by atoms with Crippen molar-refractivity contribution >= 4 is 39.9 Å². The zero-order valence-electron chi connectivity index (χ0n) is 17.4. The molecule has 160 valence electrons. The lowest BCUT2D eigenvalue weighted by atomic mass is 10.1. The Morgan fingerprint density at radius 2 is 1.77 bits per heavy atom. The van der Waals surface area contributed by atoms with Crippen molar-refractivity contribution in [2.45, 2.75) is 39.9 Å². The zero-order valence-corrected chi connectivity index (χ0v) is 19.0. The average Bonchev–Trinajstić information content (AvgIpc) is 3.27. The molecule has 0 aliphatic heterocycles. The number of hydrogen-bond acceptors (Lipinski definition) is 4. The van der Waals surface area contributed by atoms with E-state index in [-0.39, 0.29) is 18.0 Å². The largest absolute Gasteiger partial charge is 0.350 e. The first-order chi connectivity index (χ1) is 15.0. The van der Waals surface area contributed by atoms with Crippen LogP contribution in [0.3, 0.4) is 0 Å². The lowest BCUT2D eigenvalue weighted by molar-refractivity contribution is -0.121. The molecule has 2 heterocycles. The van der Waals surface area contributed by atoms with Gasteiger partial charge in [-0.25, -0.2) is 9.78 Å². The number of aryl methyl sites for hydroxylation is 3. The molecule has 2 aromatic carbocycles. The molecule has 0 saturated heterocycles. The number of amides is 1. The molecule has 0 aliphatic carbocycles. The Bertz CT molecular complexity index is 1290. The maximum atomic E-state index is 12.7. The number of benzene rings is 2. The van der Waals surface area contributed by atoms with Crippen molar-refractivity contribution in [1.82, 2.24) is 19.4 Å². The number of rotatable bonds is 7. The molecule has 31 heavy (non-hydrogen) atoms. The molecule has 1 amide bonds. The van der Waals surface area contributed by atoms with Gasteiger partial charge in [-0.3, -0.25) is 13.9 Å². The van der Waals surface area contributed by atoms with Crippen LogP contribution in [0.15, 0.2) is 53.3 Å². The van der Waals surface area contributed by atoms with Crippen LogP contribution >= 0.6 is 22.9 Å². The summed E-state index contributed by atoms with van der Waals surface area (Å²) in [4.78, 5) is 30.9. The normalized spacial score (nSPS) is 11.2. The summed E-state index contributed by atoms with van der Waals surface area (Å²) in [6, 6.07) is 15.2. The smallest absolute Gasteiger partial charge is 0.329 e. The third-order valence-electron chi connectivity index (χ3n) is 5.20. The van der Waals surface area contributed by atoms with Gasteiger partial charge in [0.25, 0.3) is 0 Å². The van der Waals surface area contributed by atoms with Crippen molar-refractivity contribution in [2.24, 2.45) is 0 Å². The molecule has 0 unspecified atom stereocenters. The minimum atomic E-state index is -0.110. The minimum Gasteiger partial charge on any atom is -0.350 e. The van der Waals surface area contributed by atoms with Gasteiger partial charge in [0.15, 0.2) is 0 Å². The highest BCUT2D eigenvalue weighted by Gasteiger charge is 2.14. The number of carbonyl (C=O) groups excluding carboxylic acids is 1. The van der Waals surface area contributed by atoms with E-state index in [0.29, 0.717) is 24.7 Å². The number of para-hydroxylation sites is 2. The summed E-state index contributed by atoms with van der Waals surface area (Å²) in [5.41, 5.74) is 3.57. The highest BCUT2D eigenvalue weighted by Crippen LogP contribution is 2.28. The number of imidazole rings is 1. The highest BCUT2D eigenvalue weighted by molar-refractivity contribution is 7.12. The molecular weight excluding hydrogens is 432 g/mol. The molecule has 4 rings (SSSR count). The van der Waals surface area contributed by atoms with Crippen LogP contribution in [0.25, 0.3) is 22.3 Å². The first-order valence-corrected chi connectivity index (χ1v) is 11.3. The molecular formula is C23H23ClN4O2S. The topological polar surface area (TPSA) is 68.9 Å². The van der Waals surface area contributed by atoms with Crippen LogP contribution in [0.1, 0.15) is 23.2 Å². The number of thiazole rings is 1. The summed E-state index contributed by atoms with van der Waals surface area (Å²) >= 11 is 7.53. The maximum absolute atomic E-state index is 12.7. The molecule has 0 spiro atoms. The third kappa shape index (κ3) is 4.43. The first-order valence-electron chi connectivity index (χ1n) is 10.1. The number of nitrogens with zero attached hydrogens (tertiary/aromatic N) is 3. The Balaban J connectivity index is 1.40. The predicted octanol–water partition coefficient (Wildman–Crippen LogP) is 4.61. The fourth-order valence-electron chi connectivity index (χ4n) is 3.67. The maximum Gasteiger partial charge on any atom is 0.329 e. The summed E-state index contributed by atoms with van der Waals surface area (Å²) in [7, 11) is 0. The number of carbonyl (C=O) groups is 1. The number of hydrogen-bond donors (Lipinski definition) is 1. The lowest BCUT2D eigenvalue weighted by Gasteiger charge is -2.05. The lowest BCUT2D eigenvalue weighted by Crippen LogP contribution is -2.28. The summed E-state index contributed by atoms with van der Waals surface area (Å²) in [6.45, 7) is 5.26. The van der Waals surface area contributed by atoms with Gasteiger partial charge in [0.2, 0.25) is 5.91 Å². The number of nitrogens with one attached hydrogen (secondary N) is 1. The quantitative estimate of drug-likeness (QED) is 0.443. The van der Waals surface area contributed by atoms with Crippen LogP contribution in [0.4, 0.5) is 0 Å². The monoisotopic (exact) mass is 454 g/mol. The molecule has 6 nitrogen and oxygen atoms in total. The first kappa shape index (κ1) is 21.3. The zero-order chi connectivity index (χ0) is 22.0. The number of halogens is 1. The average molecular weight is 455 g/mol. The Kier molecular flexibility index (Phi) is 6.25. The Morgan fingerprint density at radius 1 is 1.10 bits per heavy atom. The minimum absolute atomic E-state index is 0.0837. The Morgan fingerprint density at radius 3 is 2.45 bits per heavy atom. The molecule has 0 aliphatic rings. The van der Waals surface area contributed by atoms with Crippen molar-refractivity contribution in [3.05, 3.63) is 73.9 Å². The molecule has 2 aromatic heterocycles. The standard InChI is InChI=1S/C23H23ClN4O2S/c1-3-27-18-6-4-5-7-19(18)28(23(27)30)13-12-20(29)25-14-21-26-22(15(2)31-21)16-8-10-17(24)11-9-16/h4-11H,3,12-14H2,1-2H3,(H,25,29). The Hall–Kier alpha value is -2.90. The van der Waals surface area contributed by atoms with Crippen LogP contribution < -0.4 is 11.0 Å². The summed E-state index contributed by atoms with van der Waals surface area (Å²) in [5, 5.41) is 4.45. The van der Waals surface area contributed by atoms with Crippen molar-refractivity contribution in [1.29, 1.82) is 0 Å². The van der Waals surface area contributed by atoms with Gasteiger partial charge in [0.05, 0.1) is 23.3 Å². The van der Waals surface area contributed by atoms with Gasteiger partial charge in [-0.2, -0.15) is 0 Å². The number of fused-ring (bicyclic) bond motifs is 1. The van der Waals surface area contributed by atoms with Gasteiger partial charge in [-0.1, -0.05) is 35.9 Å². The van der Waals surface area contributed by atoms with Gasteiger partial charge in [-0.15, -0.1) is 11.3 Å². The van der Waals surface area contributed by atoms with E-state index in [1.165, 1.54) is 0 Å². The van der Waals surface area contributed by atoms with Crippen LogP contribution in [0, 0.1) is 6.92 Å². The fraction of sp³-hybridized carbons (Fsp3) is 0.261. The third-order valence-corrected chi connectivity index (χ3v) is 6.42. The van der Waals surface area contributed by atoms with Crippen LogP contribution in [0.5, 0.6) is 0 Å². The fourth-order valence-corrected chi connectivity index (χ4v) is 4.69. The van der Waals surface area contributed by atoms with Crippen LogP contribution in [0.2, 0.25) is 5.02 Å².